The first-order valence-electron chi connectivity index (χ1n) is 6.21. The molecule has 2 amide bonds. The number of urea groups is 1. The average Bonchev–Trinajstić information content (AvgIpc) is 2.48. The van der Waals surface area contributed by atoms with E-state index in [0.717, 1.165) is 12.1 Å². The number of halogens is 2. The Labute approximate surface area is 120 Å². The fraction of sp³-hybridized carbons (Fsp3) is 0.133. The van der Waals surface area contributed by atoms with Crippen LogP contribution in [0.15, 0.2) is 42.5 Å². The van der Waals surface area contributed by atoms with Gasteiger partial charge in [0.25, 0.3) is 0 Å². The number of hydrogen-bond donors (Lipinski definition) is 2. The first kappa shape index (κ1) is 14.8. The number of benzene rings is 2. The number of nitrogens with one attached hydrogen (secondary N) is 2. The Hall–Kier alpha value is -2.63. The lowest BCUT2D eigenvalue weighted by molar-refractivity contribution is 0.251. The van der Waals surface area contributed by atoms with Crippen LogP contribution in [0, 0.1) is 11.6 Å². The Morgan fingerprint density at radius 1 is 1.14 bits per heavy atom. The van der Waals surface area contributed by atoms with E-state index >= 15 is 0 Å². The summed E-state index contributed by atoms with van der Waals surface area (Å²) in [5, 5.41) is 5.17. The number of carbonyl (C=O) groups excluding carboxylic acids is 1. The zero-order valence-corrected chi connectivity index (χ0v) is 11.3. The second kappa shape index (κ2) is 6.69. The van der Waals surface area contributed by atoms with Crippen molar-refractivity contribution in [3.05, 3.63) is 59.7 Å². The summed E-state index contributed by atoms with van der Waals surface area (Å²) >= 11 is 0. The van der Waals surface area contributed by atoms with Crippen LogP contribution in [0.4, 0.5) is 19.3 Å². The van der Waals surface area contributed by atoms with Gasteiger partial charge in [-0.1, -0.05) is 12.1 Å². The molecule has 0 radical (unpaired) electrons. The summed E-state index contributed by atoms with van der Waals surface area (Å²) in [6, 6.07) is 9.89. The van der Waals surface area contributed by atoms with E-state index in [9.17, 15) is 13.6 Å². The van der Waals surface area contributed by atoms with Crippen LogP contribution in [0.2, 0.25) is 0 Å². The normalized spacial score (nSPS) is 10.0. The summed E-state index contributed by atoms with van der Waals surface area (Å²) in [6.07, 6.45) is 0. The minimum atomic E-state index is -0.942. The van der Waals surface area contributed by atoms with E-state index in [-0.39, 0.29) is 6.54 Å². The highest BCUT2D eigenvalue weighted by atomic mass is 19.2. The van der Waals surface area contributed by atoms with E-state index in [4.69, 9.17) is 4.74 Å². The van der Waals surface area contributed by atoms with Gasteiger partial charge in [-0.2, -0.15) is 0 Å². The quantitative estimate of drug-likeness (QED) is 0.908. The molecule has 2 aromatic rings. The van der Waals surface area contributed by atoms with Crippen molar-refractivity contribution in [1.82, 2.24) is 5.32 Å². The van der Waals surface area contributed by atoms with Gasteiger partial charge in [-0.05, 0) is 29.8 Å². The monoisotopic (exact) mass is 292 g/mol. The highest BCUT2D eigenvalue weighted by Gasteiger charge is 2.05. The largest absolute Gasteiger partial charge is 0.497 e. The van der Waals surface area contributed by atoms with Crippen molar-refractivity contribution in [2.24, 2.45) is 0 Å². The maximum atomic E-state index is 13.0. The maximum Gasteiger partial charge on any atom is 0.319 e. The summed E-state index contributed by atoms with van der Waals surface area (Å²) in [4.78, 5) is 11.7. The van der Waals surface area contributed by atoms with Gasteiger partial charge in [0.05, 0.1) is 7.11 Å². The molecule has 0 saturated carbocycles. The van der Waals surface area contributed by atoms with Crippen molar-refractivity contribution in [3.63, 3.8) is 0 Å². The fourth-order valence-electron chi connectivity index (χ4n) is 1.71. The second-order valence-corrected chi connectivity index (χ2v) is 4.29. The number of anilines is 1. The van der Waals surface area contributed by atoms with Crippen molar-refractivity contribution in [2.45, 2.75) is 6.54 Å². The van der Waals surface area contributed by atoms with Gasteiger partial charge < -0.3 is 15.4 Å². The number of ether oxygens (including phenoxy) is 1. The summed E-state index contributed by atoms with van der Waals surface area (Å²) in [7, 11) is 1.53. The van der Waals surface area contributed by atoms with Gasteiger partial charge in [-0.3, -0.25) is 0 Å². The molecular weight excluding hydrogens is 278 g/mol. The molecule has 0 spiro atoms. The lowest BCUT2D eigenvalue weighted by Crippen LogP contribution is -2.28. The van der Waals surface area contributed by atoms with Crippen LogP contribution in [0.1, 0.15) is 5.56 Å². The van der Waals surface area contributed by atoms with Crippen LogP contribution < -0.4 is 15.4 Å². The number of carbonyl (C=O) groups is 1. The summed E-state index contributed by atoms with van der Waals surface area (Å²) in [5.41, 5.74) is 1.03. The highest BCUT2D eigenvalue weighted by molar-refractivity contribution is 5.89. The van der Waals surface area contributed by atoms with Crippen molar-refractivity contribution in [2.75, 3.05) is 12.4 Å². The zero-order valence-electron chi connectivity index (χ0n) is 11.3. The molecule has 0 aromatic heterocycles. The third-order valence-corrected chi connectivity index (χ3v) is 2.76. The Kier molecular flexibility index (Phi) is 4.71. The summed E-state index contributed by atoms with van der Waals surface area (Å²) in [5.74, 6) is -1.24. The van der Waals surface area contributed by atoms with Crippen LogP contribution in [-0.4, -0.2) is 13.1 Å². The first-order valence-corrected chi connectivity index (χ1v) is 6.21. The zero-order chi connectivity index (χ0) is 15.2. The minimum absolute atomic E-state index is 0.0903. The molecule has 0 fully saturated rings. The van der Waals surface area contributed by atoms with Gasteiger partial charge in [0, 0.05) is 18.3 Å². The highest BCUT2D eigenvalue weighted by Crippen LogP contribution is 2.16. The minimum Gasteiger partial charge on any atom is -0.497 e. The smallest absolute Gasteiger partial charge is 0.319 e. The van der Waals surface area contributed by atoms with Crippen LogP contribution in [0.5, 0.6) is 5.75 Å². The number of hydrogen-bond acceptors (Lipinski definition) is 2. The van der Waals surface area contributed by atoms with Gasteiger partial charge in [0.15, 0.2) is 11.6 Å². The van der Waals surface area contributed by atoms with Crippen LogP contribution >= 0.6 is 0 Å². The lowest BCUT2D eigenvalue weighted by Gasteiger charge is -2.09. The Morgan fingerprint density at radius 2 is 1.95 bits per heavy atom. The molecule has 0 atom stereocenters. The van der Waals surface area contributed by atoms with E-state index in [2.05, 4.69) is 10.6 Å². The number of methoxy groups -OCH3 is 1. The third-order valence-electron chi connectivity index (χ3n) is 2.76. The Morgan fingerprint density at radius 3 is 2.67 bits per heavy atom. The van der Waals surface area contributed by atoms with Gasteiger partial charge in [0.1, 0.15) is 5.75 Å². The standard InChI is InChI=1S/C15H14F2N2O2/c1-21-12-4-2-3-11(8-12)19-15(20)18-9-10-5-6-13(16)14(17)7-10/h2-8H,9H2,1H3,(H2,18,19,20). The van der Waals surface area contributed by atoms with Crippen molar-refractivity contribution >= 4 is 11.7 Å². The Bertz CT molecular complexity index is 647. The van der Waals surface area contributed by atoms with Crippen LogP contribution in [-0.2, 0) is 6.54 Å². The van der Waals surface area contributed by atoms with Crippen molar-refractivity contribution < 1.29 is 18.3 Å². The van der Waals surface area contributed by atoms with E-state index in [1.165, 1.54) is 13.2 Å². The molecular formula is C15H14F2N2O2. The van der Waals surface area contributed by atoms with Gasteiger partial charge >= 0.3 is 6.03 Å². The molecule has 0 heterocycles. The summed E-state index contributed by atoms with van der Waals surface area (Å²) < 4.78 is 30.8. The van der Waals surface area contributed by atoms with E-state index < -0.39 is 17.7 Å². The summed E-state index contributed by atoms with van der Waals surface area (Å²) in [6.45, 7) is 0.0903. The molecule has 2 rings (SSSR count). The molecule has 21 heavy (non-hydrogen) atoms. The number of amides is 2. The molecule has 6 heteroatoms. The molecule has 2 N–H and O–H groups in total. The van der Waals surface area contributed by atoms with Crippen molar-refractivity contribution in [3.8, 4) is 5.75 Å². The predicted octanol–water partition coefficient (Wildman–Crippen LogP) is 3.30. The second-order valence-electron chi connectivity index (χ2n) is 4.29. The molecule has 2 aromatic carbocycles. The van der Waals surface area contributed by atoms with E-state index in [0.29, 0.717) is 17.0 Å². The van der Waals surface area contributed by atoms with E-state index in [1.54, 1.807) is 24.3 Å². The molecule has 0 aliphatic rings. The average molecular weight is 292 g/mol. The number of rotatable bonds is 4. The molecule has 0 bridgehead atoms. The van der Waals surface area contributed by atoms with Crippen molar-refractivity contribution in [1.29, 1.82) is 0 Å². The SMILES string of the molecule is COc1cccc(NC(=O)NCc2ccc(F)c(F)c2)c1. The fourth-order valence-corrected chi connectivity index (χ4v) is 1.71. The third kappa shape index (κ3) is 4.17. The van der Waals surface area contributed by atoms with Gasteiger partial charge in [-0.25, -0.2) is 13.6 Å². The van der Waals surface area contributed by atoms with E-state index in [1.807, 2.05) is 0 Å². The molecule has 110 valence electrons. The molecule has 0 saturated heterocycles. The molecule has 0 aliphatic heterocycles. The topological polar surface area (TPSA) is 50.4 Å². The molecule has 0 aliphatic carbocycles. The van der Waals surface area contributed by atoms with Gasteiger partial charge in [-0.15, -0.1) is 0 Å². The lowest BCUT2D eigenvalue weighted by atomic mass is 10.2. The maximum absolute atomic E-state index is 13.0. The predicted molar refractivity (Wildman–Crippen MR) is 75.2 cm³/mol. The van der Waals surface area contributed by atoms with Crippen LogP contribution in [0.25, 0.3) is 0 Å². The first-order chi connectivity index (χ1) is 10.1. The van der Waals surface area contributed by atoms with Gasteiger partial charge in [0.2, 0.25) is 0 Å². The van der Waals surface area contributed by atoms with Crippen LogP contribution in [0.3, 0.4) is 0 Å². The Balaban J connectivity index is 1.90. The molecule has 4 nitrogen and oxygen atoms in total. The molecule has 0 unspecified atom stereocenters.